The summed E-state index contributed by atoms with van der Waals surface area (Å²) in [5, 5.41) is 3.09. The standard InChI is InChI=1S/C9H15N3O3/c1-3-10-4-5-15-9-7(14-2)8(13)11-6-12-9/h6,10H,3-5H2,1-2H3,(H,11,12,13). The van der Waals surface area contributed by atoms with Crippen LogP contribution in [0, 0.1) is 0 Å². The lowest BCUT2D eigenvalue weighted by Crippen LogP contribution is -2.21. The summed E-state index contributed by atoms with van der Waals surface area (Å²) in [5.41, 5.74) is -0.342. The minimum absolute atomic E-state index is 0.106. The molecule has 0 spiro atoms. The molecule has 0 amide bonds. The molecule has 0 saturated carbocycles. The van der Waals surface area contributed by atoms with Crippen molar-refractivity contribution >= 4 is 0 Å². The first-order valence-corrected chi connectivity index (χ1v) is 4.74. The summed E-state index contributed by atoms with van der Waals surface area (Å²) in [5.74, 6) is 0.327. The fraction of sp³-hybridized carbons (Fsp3) is 0.556. The minimum atomic E-state index is -0.342. The number of hydrogen-bond acceptors (Lipinski definition) is 5. The number of aromatic nitrogens is 2. The van der Waals surface area contributed by atoms with Crippen molar-refractivity contribution in [2.75, 3.05) is 26.8 Å². The predicted octanol–water partition coefficient (Wildman–Crippen LogP) is -0.233. The largest absolute Gasteiger partial charge is 0.487 e. The number of likely N-dealkylation sites (N-methyl/N-ethyl adjacent to an activating group) is 1. The van der Waals surface area contributed by atoms with Gasteiger partial charge in [-0.3, -0.25) is 4.79 Å². The van der Waals surface area contributed by atoms with E-state index in [1.165, 1.54) is 13.4 Å². The normalized spacial score (nSPS) is 10.0. The maximum absolute atomic E-state index is 11.2. The molecule has 0 aliphatic rings. The van der Waals surface area contributed by atoms with Crippen LogP contribution in [0.3, 0.4) is 0 Å². The number of rotatable bonds is 6. The van der Waals surface area contributed by atoms with Gasteiger partial charge in [0.2, 0.25) is 5.75 Å². The Morgan fingerprint density at radius 1 is 1.60 bits per heavy atom. The smallest absolute Gasteiger partial charge is 0.297 e. The summed E-state index contributed by atoms with van der Waals surface area (Å²) >= 11 is 0. The molecule has 1 aromatic heterocycles. The lowest BCUT2D eigenvalue weighted by Gasteiger charge is -2.07. The van der Waals surface area contributed by atoms with Crippen LogP contribution in [-0.4, -0.2) is 36.8 Å². The summed E-state index contributed by atoms with van der Waals surface area (Å²) in [6.07, 6.45) is 1.29. The number of hydrogen-bond donors (Lipinski definition) is 2. The number of methoxy groups -OCH3 is 1. The molecule has 0 radical (unpaired) electrons. The molecule has 1 aromatic rings. The molecule has 84 valence electrons. The first-order chi connectivity index (χ1) is 7.29. The maximum atomic E-state index is 11.2. The van der Waals surface area contributed by atoms with E-state index in [0.717, 1.165) is 6.54 Å². The second-order valence-electron chi connectivity index (χ2n) is 2.77. The third kappa shape index (κ3) is 3.25. The number of H-pyrrole nitrogens is 1. The number of aromatic amines is 1. The number of nitrogens with one attached hydrogen (secondary N) is 2. The lowest BCUT2D eigenvalue weighted by atomic mass is 10.5. The highest BCUT2D eigenvalue weighted by atomic mass is 16.5. The van der Waals surface area contributed by atoms with Crippen LogP contribution in [0.25, 0.3) is 0 Å². The van der Waals surface area contributed by atoms with Gasteiger partial charge in [-0.25, -0.2) is 4.98 Å². The fourth-order valence-corrected chi connectivity index (χ4v) is 1.05. The van der Waals surface area contributed by atoms with E-state index < -0.39 is 0 Å². The Labute approximate surface area is 87.6 Å². The van der Waals surface area contributed by atoms with Crippen LogP contribution >= 0.6 is 0 Å². The summed E-state index contributed by atoms with van der Waals surface area (Å²) in [4.78, 5) is 17.5. The van der Waals surface area contributed by atoms with Crippen molar-refractivity contribution in [3.63, 3.8) is 0 Å². The Kier molecular flexibility index (Phi) is 4.62. The molecule has 1 rings (SSSR count). The van der Waals surface area contributed by atoms with E-state index in [4.69, 9.17) is 9.47 Å². The van der Waals surface area contributed by atoms with Crippen molar-refractivity contribution in [2.24, 2.45) is 0 Å². The third-order valence-electron chi connectivity index (χ3n) is 1.75. The van der Waals surface area contributed by atoms with Crippen molar-refractivity contribution in [3.8, 4) is 11.6 Å². The first kappa shape index (κ1) is 11.5. The molecule has 15 heavy (non-hydrogen) atoms. The van der Waals surface area contributed by atoms with Crippen LogP contribution in [0.15, 0.2) is 11.1 Å². The van der Waals surface area contributed by atoms with Crippen molar-refractivity contribution in [1.29, 1.82) is 0 Å². The second kappa shape index (κ2) is 6.02. The van der Waals surface area contributed by atoms with Gasteiger partial charge in [0.05, 0.1) is 13.4 Å². The Morgan fingerprint density at radius 3 is 3.07 bits per heavy atom. The molecular weight excluding hydrogens is 198 g/mol. The second-order valence-corrected chi connectivity index (χ2v) is 2.77. The van der Waals surface area contributed by atoms with Gasteiger partial charge in [0.25, 0.3) is 11.4 Å². The summed E-state index contributed by atoms with van der Waals surface area (Å²) < 4.78 is 10.2. The van der Waals surface area contributed by atoms with E-state index in [1.54, 1.807) is 0 Å². The molecule has 0 saturated heterocycles. The molecule has 0 bridgehead atoms. The summed E-state index contributed by atoms with van der Waals surface area (Å²) in [6.45, 7) is 4.03. The van der Waals surface area contributed by atoms with Crippen molar-refractivity contribution in [2.45, 2.75) is 6.92 Å². The van der Waals surface area contributed by atoms with E-state index in [1.807, 2.05) is 6.92 Å². The van der Waals surface area contributed by atoms with Crippen molar-refractivity contribution in [3.05, 3.63) is 16.7 Å². The minimum Gasteiger partial charge on any atom is -0.487 e. The topological polar surface area (TPSA) is 76.2 Å². The molecule has 0 atom stereocenters. The predicted molar refractivity (Wildman–Crippen MR) is 55.4 cm³/mol. The van der Waals surface area contributed by atoms with Gasteiger partial charge in [-0.1, -0.05) is 6.92 Å². The van der Waals surface area contributed by atoms with Crippen LogP contribution in [-0.2, 0) is 0 Å². The van der Waals surface area contributed by atoms with Crippen LogP contribution in [0.2, 0.25) is 0 Å². The summed E-state index contributed by atoms with van der Waals surface area (Å²) in [6, 6.07) is 0. The van der Waals surface area contributed by atoms with E-state index >= 15 is 0 Å². The van der Waals surface area contributed by atoms with Gasteiger partial charge in [0.15, 0.2) is 0 Å². The highest BCUT2D eigenvalue weighted by Crippen LogP contribution is 2.16. The average molecular weight is 213 g/mol. The van der Waals surface area contributed by atoms with E-state index in [9.17, 15) is 4.79 Å². The van der Waals surface area contributed by atoms with Crippen LogP contribution in [0.4, 0.5) is 0 Å². The average Bonchev–Trinajstić information content (AvgIpc) is 2.24. The molecule has 6 heteroatoms. The van der Waals surface area contributed by atoms with Gasteiger partial charge >= 0.3 is 0 Å². The van der Waals surface area contributed by atoms with Gasteiger partial charge in [-0.05, 0) is 6.54 Å². The monoisotopic (exact) mass is 213 g/mol. The van der Waals surface area contributed by atoms with Gasteiger partial charge in [0, 0.05) is 6.54 Å². The molecule has 1 heterocycles. The van der Waals surface area contributed by atoms with Gasteiger partial charge < -0.3 is 19.8 Å². The Bertz CT molecular complexity index is 351. The molecule has 0 aromatic carbocycles. The molecule has 2 N–H and O–H groups in total. The van der Waals surface area contributed by atoms with Crippen LogP contribution in [0.5, 0.6) is 11.6 Å². The molecule has 0 aliphatic heterocycles. The highest BCUT2D eigenvalue weighted by molar-refractivity contribution is 5.29. The zero-order valence-electron chi connectivity index (χ0n) is 8.87. The van der Waals surface area contributed by atoms with Gasteiger partial charge in [-0.2, -0.15) is 0 Å². The van der Waals surface area contributed by atoms with E-state index in [0.29, 0.717) is 13.2 Å². The Balaban J connectivity index is 2.60. The number of nitrogens with zero attached hydrogens (tertiary/aromatic N) is 1. The van der Waals surface area contributed by atoms with E-state index in [-0.39, 0.29) is 17.2 Å². The fourth-order valence-electron chi connectivity index (χ4n) is 1.05. The van der Waals surface area contributed by atoms with Crippen LogP contribution < -0.4 is 20.3 Å². The Morgan fingerprint density at radius 2 is 2.40 bits per heavy atom. The van der Waals surface area contributed by atoms with Crippen molar-refractivity contribution in [1.82, 2.24) is 15.3 Å². The van der Waals surface area contributed by atoms with E-state index in [2.05, 4.69) is 15.3 Å². The lowest BCUT2D eigenvalue weighted by molar-refractivity contribution is 0.279. The van der Waals surface area contributed by atoms with Crippen molar-refractivity contribution < 1.29 is 9.47 Å². The van der Waals surface area contributed by atoms with Crippen LogP contribution in [0.1, 0.15) is 6.92 Å². The maximum Gasteiger partial charge on any atom is 0.297 e. The first-order valence-electron chi connectivity index (χ1n) is 4.74. The zero-order chi connectivity index (χ0) is 11.1. The molecular formula is C9H15N3O3. The Hall–Kier alpha value is -1.56. The SMILES string of the molecule is CCNCCOc1nc[nH]c(=O)c1OC. The highest BCUT2D eigenvalue weighted by Gasteiger charge is 2.09. The molecule has 0 unspecified atom stereocenters. The zero-order valence-corrected chi connectivity index (χ0v) is 8.87. The number of ether oxygens (including phenoxy) is 2. The molecule has 6 nitrogen and oxygen atoms in total. The molecule has 0 aliphatic carbocycles. The summed E-state index contributed by atoms with van der Waals surface area (Å²) in [7, 11) is 1.41. The van der Waals surface area contributed by atoms with Gasteiger partial charge in [0.1, 0.15) is 6.61 Å². The molecule has 0 fully saturated rings. The third-order valence-corrected chi connectivity index (χ3v) is 1.75. The quantitative estimate of drug-likeness (QED) is 0.638. The van der Waals surface area contributed by atoms with Gasteiger partial charge in [-0.15, -0.1) is 0 Å².